The number of fused-ring (bicyclic) bond motifs is 1. The van der Waals surface area contributed by atoms with Gasteiger partial charge in [0.1, 0.15) is 0 Å². The molecule has 0 saturated carbocycles. The number of anilines is 1. The minimum atomic E-state index is -3.28. The number of aromatic nitrogens is 3. The minimum Gasteiger partial charge on any atom is -0.321 e. The number of sulfone groups is 1. The van der Waals surface area contributed by atoms with Crippen LogP contribution in [0, 0.1) is 0 Å². The number of benzene rings is 1. The fraction of sp³-hybridized carbons (Fsp3) is 0.235. The first-order valence-corrected chi connectivity index (χ1v) is 9.59. The van der Waals surface area contributed by atoms with Crippen LogP contribution in [0.15, 0.2) is 47.6 Å². The molecule has 3 aromatic rings. The Morgan fingerprint density at radius 2 is 1.84 bits per heavy atom. The molecule has 25 heavy (non-hydrogen) atoms. The van der Waals surface area contributed by atoms with Gasteiger partial charge in [0.25, 0.3) is 5.91 Å². The van der Waals surface area contributed by atoms with Crippen molar-refractivity contribution in [3.8, 4) is 0 Å². The third-order valence-corrected chi connectivity index (χ3v) is 4.85. The summed E-state index contributed by atoms with van der Waals surface area (Å²) < 4.78 is 24.7. The largest absolute Gasteiger partial charge is 0.321 e. The Balaban J connectivity index is 1.82. The summed E-state index contributed by atoms with van der Waals surface area (Å²) in [5.41, 5.74) is 1.67. The lowest BCUT2D eigenvalue weighted by atomic mass is 10.2. The van der Waals surface area contributed by atoms with E-state index in [2.05, 4.69) is 15.4 Å². The number of rotatable bonds is 4. The van der Waals surface area contributed by atoms with Crippen LogP contribution in [0.2, 0.25) is 0 Å². The summed E-state index contributed by atoms with van der Waals surface area (Å²) >= 11 is 0. The van der Waals surface area contributed by atoms with Crippen LogP contribution in [-0.2, 0) is 9.84 Å². The van der Waals surface area contributed by atoms with E-state index in [1.54, 1.807) is 18.5 Å². The molecule has 0 unspecified atom stereocenters. The second kappa shape index (κ2) is 6.29. The van der Waals surface area contributed by atoms with Crippen molar-refractivity contribution in [2.45, 2.75) is 24.8 Å². The normalized spacial score (nSPS) is 11.8. The van der Waals surface area contributed by atoms with Gasteiger partial charge in [-0.05, 0) is 44.2 Å². The molecule has 0 saturated heterocycles. The fourth-order valence-corrected chi connectivity index (χ4v) is 3.07. The molecule has 2 aromatic heterocycles. The van der Waals surface area contributed by atoms with E-state index in [-0.39, 0.29) is 16.8 Å². The minimum absolute atomic E-state index is 0.174. The van der Waals surface area contributed by atoms with E-state index >= 15 is 0 Å². The van der Waals surface area contributed by atoms with Crippen molar-refractivity contribution in [1.29, 1.82) is 0 Å². The second-order valence-electron chi connectivity index (χ2n) is 6.07. The summed E-state index contributed by atoms with van der Waals surface area (Å²) in [5.74, 6) is -0.336. The number of pyridine rings is 1. The number of nitrogens with zero attached hydrogens (tertiary/aromatic N) is 3. The molecule has 8 heteroatoms. The summed E-state index contributed by atoms with van der Waals surface area (Å²) in [6.45, 7) is 4.04. The number of nitrogens with one attached hydrogen (secondary N) is 1. The van der Waals surface area contributed by atoms with Crippen LogP contribution >= 0.6 is 0 Å². The molecule has 0 bridgehead atoms. The first-order valence-electron chi connectivity index (χ1n) is 7.70. The van der Waals surface area contributed by atoms with E-state index in [4.69, 9.17) is 0 Å². The van der Waals surface area contributed by atoms with Gasteiger partial charge < -0.3 is 5.32 Å². The summed E-state index contributed by atoms with van der Waals surface area (Å²) in [4.78, 5) is 16.9. The van der Waals surface area contributed by atoms with Gasteiger partial charge in [-0.1, -0.05) is 0 Å². The van der Waals surface area contributed by atoms with Crippen LogP contribution in [0.5, 0.6) is 0 Å². The first-order chi connectivity index (χ1) is 11.8. The van der Waals surface area contributed by atoms with Crippen molar-refractivity contribution in [2.75, 3.05) is 11.6 Å². The first kappa shape index (κ1) is 17.1. The van der Waals surface area contributed by atoms with Gasteiger partial charge in [-0.15, -0.1) is 0 Å². The summed E-state index contributed by atoms with van der Waals surface area (Å²) in [7, 11) is -3.28. The summed E-state index contributed by atoms with van der Waals surface area (Å²) in [5, 5.41) is 7.88. The maximum absolute atomic E-state index is 12.3. The lowest BCUT2D eigenvalue weighted by Gasteiger charge is -2.08. The average molecular weight is 358 g/mol. The summed E-state index contributed by atoms with van der Waals surface area (Å²) in [6.07, 6.45) is 4.41. The number of hydrogen-bond acceptors (Lipinski definition) is 5. The smallest absolute Gasteiger partial charge is 0.255 e. The highest BCUT2D eigenvalue weighted by Crippen LogP contribution is 2.20. The quantitative estimate of drug-likeness (QED) is 0.774. The van der Waals surface area contributed by atoms with Gasteiger partial charge in [-0.3, -0.25) is 4.79 Å². The van der Waals surface area contributed by atoms with Crippen molar-refractivity contribution >= 4 is 32.5 Å². The standard InChI is InChI=1S/C17H18N4O3S/c1-11(2)21-16-13(9-19-21)8-14(10-18-16)20-17(22)12-4-6-15(7-5-12)25(3,23)24/h4-11H,1-3H3,(H,20,22). The van der Waals surface area contributed by atoms with E-state index < -0.39 is 9.84 Å². The van der Waals surface area contributed by atoms with Crippen LogP contribution in [0.25, 0.3) is 11.0 Å². The van der Waals surface area contributed by atoms with Crippen LogP contribution in [0.3, 0.4) is 0 Å². The van der Waals surface area contributed by atoms with Crippen molar-refractivity contribution in [2.24, 2.45) is 0 Å². The Kier molecular flexibility index (Phi) is 4.30. The maximum atomic E-state index is 12.3. The van der Waals surface area contributed by atoms with Crippen LogP contribution < -0.4 is 5.32 Å². The molecule has 0 spiro atoms. The molecule has 0 aliphatic rings. The molecular formula is C17H18N4O3S. The zero-order valence-electron chi connectivity index (χ0n) is 14.1. The third kappa shape index (κ3) is 3.53. The van der Waals surface area contributed by atoms with Gasteiger partial charge in [0.15, 0.2) is 15.5 Å². The average Bonchev–Trinajstić information content (AvgIpc) is 2.97. The highest BCUT2D eigenvalue weighted by molar-refractivity contribution is 7.90. The van der Waals surface area contributed by atoms with Crippen LogP contribution in [0.1, 0.15) is 30.2 Å². The van der Waals surface area contributed by atoms with Gasteiger partial charge in [0.05, 0.1) is 23.0 Å². The Bertz CT molecular complexity index is 1040. The van der Waals surface area contributed by atoms with Crippen molar-refractivity contribution < 1.29 is 13.2 Å². The van der Waals surface area contributed by atoms with Crippen molar-refractivity contribution in [3.05, 3.63) is 48.3 Å². The number of hydrogen-bond donors (Lipinski definition) is 1. The topological polar surface area (TPSA) is 94.0 Å². The predicted octanol–water partition coefficient (Wildman–Crippen LogP) is 2.67. The number of carbonyl (C=O) groups excluding carboxylic acids is 1. The molecule has 0 atom stereocenters. The molecule has 130 valence electrons. The van der Waals surface area contributed by atoms with Gasteiger partial charge in [0.2, 0.25) is 0 Å². The van der Waals surface area contributed by atoms with Crippen LogP contribution in [0.4, 0.5) is 5.69 Å². The Labute approximate surface area is 145 Å². The number of amides is 1. The van der Waals surface area contributed by atoms with E-state index in [1.165, 1.54) is 24.3 Å². The maximum Gasteiger partial charge on any atom is 0.255 e. The predicted molar refractivity (Wildman–Crippen MR) is 95.4 cm³/mol. The van der Waals surface area contributed by atoms with E-state index in [0.29, 0.717) is 11.3 Å². The van der Waals surface area contributed by atoms with Crippen molar-refractivity contribution in [3.63, 3.8) is 0 Å². The Morgan fingerprint density at radius 3 is 2.44 bits per heavy atom. The van der Waals surface area contributed by atoms with Gasteiger partial charge in [-0.25, -0.2) is 18.1 Å². The van der Waals surface area contributed by atoms with Gasteiger partial charge in [-0.2, -0.15) is 5.10 Å². The molecule has 3 rings (SSSR count). The molecule has 0 radical (unpaired) electrons. The van der Waals surface area contributed by atoms with Gasteiger partial charge >= 0.3 is 0 Å². The highest BCUT2D eigenvalue weighted by atomic mass is 32.2. The summed E-state index contributed by atoms with van der Waals surface area (Å²) in [6, 6.07) is 7.79. The van der Waals surface area contributed by atoms with Crippen molar-refractivity contribution in [1.82, 2.24) is 14.8 Å². The lowest BCUT2D eigenvalue weighted by molar-refractivity contribution is 0.102. The van der Waals surface area contributed by atoms with Crippen LogP contribution in [-0.4, -0.2) is 35.3 Å². The van der Waals surface area contributed by atoms with Gasteiger partial charge in [0, 0.05) is 23.2 Å². The molecule has 0 aliphatic carbocycles. The number of carbonyl (C=O) groups is 1. The molecule has 1 amide bonds. The molecule has 2 heterocycles. The van der Waals surface area contributed by atoms with E-state index in [0.717, 1.165) is 17.3 Å². The molecule has 1 aromatic carbocycles. The monoisotopic (exact) mass is 358 g/mol. The molecule has 7 nitrogen and oxygen atoms in total. The zero-order chi connectivity index (χ0) is 18.2. The van der Waals surface area contributed by atoms with E-state index in [9.17, 15) is 13.2 Å². The fourth-order valence-electron chi connectivity index (χ4n) is 2.44. The second-order valence-corrected chi connectivity index (χ2v) is 8.09. The van der Waals surface area contributed by atoms with E-state index in [1.807, 2.05) is 18.5 Å². The molecular weight excluding hydrogens is 340 g/mol. The SMILES string of the molecule is CC(C)n1ncc2cc(NC(=O)c3ccc(S(C)(=O)=O)cc3)cnc21. The Morgan fingerprint density at radius 1 is 1.16 bits per heavy atom. The third-order valence-electron chi connectivity index (χ3n) is 3.73. The molecule has 1 N–H and O–H groups in total. The molecule has 0 fully saturated rings. The Hall–Kier alpha value is -2.74. The highest BCUT2D eigenvalue weighted by Gasteiger charge is 2.12. The lowest BCUT2D eigenvalue weighted by Crippen LogP contribution is -2.12. The molecule has 0 aliphatic heterocycles. The zero-order valence-corrected chi connectivity index (χ0v) is 14.9.